The quantitative estimate of drug-likeness (QED) is 0.837. The van der Waals surface area contributed by atoms with Gasteiger partial charge >= 0.3 is 5.97 Å². The van der Waals surface area contributed by atoms with Gasteiger partial charge in [0.1, 0.15) is 0 Å². The van der Waals surface area contributed by atoms with Gasteiger partial charge in [0, 0.05) is 11.7 Å². The second kappa shape index (κ2) is 7.72. The number of aryl methyl sites for hydroxylation is 2. The van der Waals surface area contributed by atoms with Crippen molar-refractivity contribution in [2.24, 2.45) is 0 Å². The van der Waals surface area contributed by atoms with E-state index in [1.54, 1.807) is 19.1 Å². The Labute approximate surface area is 153 Å². The number of esters is 1. The predicted molar refractivity (Wildman–Crippen MR) is 98.3 cm³/mol. The normalized spacial score (nSPS) is 15.7. The first kappa shape index (κ1) is 18.2. The van der Waals surface area contributed by atoms with Gasteiger partial charge in [-0.3, -0.25) is 4.79 Å². The van der Waals surface area contributed by atoms with E-state index in [0.717, 1.165) is 42.8 Å². The van der Waals surface area contributed by atoms with Gasteiger partial charge in [-0.2, -0.15) is 5.10 Å². The molecule has 6 heteroatoms. The van der Waals surface area contributed by atoms with Crippen molar-refractivity contribution in [2.75, 3.05) is 0 Å². The van der Waals surface area contributed by atoms with E-state index in [1.165, 1.54) is 0 Å². The molecule has 0 radical (unpaired) electrons. The number of ether oxygens (including phenoxy) is 1. The van der Waals surface area contributed by atoms with E-state index in [9.17, 15) is 9.59 Å². The Kier molecular flexibility index (Phi) is 5.40. The molecule has 1 heterocycles. The Bertz CT molecular complexity index is 789. The van der Waals surface area contributed by atoms with Crippen molar-refractivity contribution in [2.45, 2.75) is 58.6 Å². The number of hydrogen-bond acceptors (Lipinski definition) is 4. The van der Waals surface area contributed by atoms with Crippen LogP contribution in [-0.4, -0.2) is 33.8 Å². The van der Waals surface area contributed by atoms with Gasteiger partial charge in [-0.25, -0.2) is 9.48 Å². The summed E-state index contributed by atoms with van der Waals surface area (Å²) in [4.78, 5) is 24.4. The van der Waals surface area contributed by atoms with Crippen molar-refractivity contribution in [1.82, 2.24) is 15.1 Å². The molecule has 1 aliphatic rings. The van der Waals surface area contributed by atoms with Crippen molar-refractivity contribution < 1.29 is 14.3 Å². The highest BCUT2D eigenvalue weighted by Crippen LogP contribution is 2.18. The zero-order valence-corrected chi connectivity index (χ0v) is 15.5. The summed E-state index contributed by atoms with van der Waals surface area (Å²) in [6.45, 7) is 5.52. The molecular formula is C20H25N3O3. The molecule has 0 spiro atoms. The standard InChI is InChI=1S/C20H25N3O3/c1-13-12-14(2)23(22-13)18-10-8-16(9-11-18)20(25)26-15(3)19(24)21-17-6-4-5-7-17/h8-12,15,17H,4-7H2,1-3H3,(H,21,24)/t15-/m1/s1. The zero-order chi connectivity index (χ0) is 18.7. The third-order valence-corrected chi connectivity index (χ3v) is 4.71. The Balaban J connectivity index is 1.60. The summed E-state index contributed by atoms with van der Waals surface area (Å²) >= 11 is 0. The molecule has 1 amide bonds. The Morgan fingerprint density at radius 2 is 1.85 bits per heavy atom. The number of hydrogen-bond donors (Lipinski definition) is 1. The highest BCUT2D eigenvalue weighted by Gasteiger charge is 2.23. The van der Waals surface area contributed by atoms with E-state index in [4.69, 9.17) is 4.74 Å². The molecule has 2 aromatic rings. The fraction of sp³-hybridized carbons (Fsp3) is 0.450. The van der Waals surface area contributed by atoms with Gasteiger partial charge in [0.2, 0.25) is 0 Å². The van der Waals surface area contributed by atoms with Gasteiger partial charge in [0.05, 0.1) is 16.9 Å². The molecule has 1 atom stereocenters. The smallest absolute Gasteiger partial charge is 0.338 e. The molecule has 0 aliphatic heterocycles. The zero-order valence-electron chi connectivity index (χ0n) is 15.5. The van der Waals surface area contributed by atoms with Crippen LogP contribution in [-0.2, 0) is 9.53 Å². The SMILES string of the molecule is Cc1cc(C)n(-c2ccc(C(=O)O[C@H](C)C(=O)NC3CCCC3)cc2)n1. The summed E-state index contributed by atoms with van der Waals surface area (Å²) < 4.78 is 7.13. The summed E-state index contributed by atoms with van der Waals surface area (Å²) in [5.74, 6) is -0.733. The van der Waals surface area contributed by atoms with Gasteiger partial charge in [-0.1, -0.05) is 12.8 Å². The number of nitrogens with zero attached hydrogens (tertiary/aromatic N) is 2. The van der Waals surface area contributed by atoms with E-state index in [0.29, 0.717) is 5.56 Å². The average Bonchev–Trinajstić information content (AvgIpc) is 3.24. The van der Waals surface area contributed by atoms with Crippen LogP contribution in [0.15, 0.2) is 30.3 Å². The molecule has 3 rings (SSSR count). The van der Waals surface area contributed by atoms with Gasteiger partial charge in [0.25, 0.3) is 5.91 Å². The average molecular weight is 355 g/mol. The van der Waals surface area contributed by atoms with Gasteiger partial charge < -0.3 is 10.1 Å². The molecule has 1 aromatic heterocycles. The third kappa shape index (κ3) is 4.12. The lowest BCUT2D eigenvalue weighted by Gasteiger charge is -2.17. The van der Waals surface area contributed by atoms with Crippen LogP contribution in [0, 0.1) is 13.8 Å². The summed E-state index contributed by atoms with van der Waals surface area (Å²) in [6.07, 6.45) is 3.47. The summed E-state index contributed by atoms with van der Waals surface area (Å²) in [7, 11) is 0. The van der Waals surface area contributed by atoms with Crippen LogP contribution in [0.3, 0.4) is 0 Å². The van der Waals surface area contributed by atoms with Crippen LogP contribution in [0.5, 0.6) is 0 Å². The number of carbonyl (C=O) groups excluding carboxylic acids is 2. The van der Waals surface area contributed by atoms with E-state index in [2.05, 4.69) is 10.4 Å². The largest absolute Gasteiger partial charge is 0.449 e. The number of nitrogens with one attached hydrogen (secondary N) is 1. The number of benzene rings is 1. The monoisotopic (exact) mass is 355 g/mol. The molecule has 1 aliphatic carbocycles. The molecule has 138 valence electrons. The first-order chi connectivity index (χ1) is 12.4. The molecule has 0 unspecified atom stereocenters. The minimum atomic E-state index is -0.807. The molecule has 1 saturated carbocycles. The van der Waals surface area contributed by atoms with Crippen molar-refractivity contribution >= 4 is 11.9 Å². The Hall–Kier alpha value is -2.63. The molecule has 0 bridgehead atoms. The van der Waals surface area contributed by atoms with Gasteiger partial charge in [0.15, 0.2) is 6.10 Å². The fourth-order valence-corrected chi connectivity index (χ4v) is 3.30. The van der Waals surface area contributed by atoms with E-state index >= 15 is 0 Å². The lowest BCUT2D eigenvalue weighted by Crippen LogP contribution is -2.40. The van der Waals surface area contributed by atoms with Crippen molar-refractivity contribution in [3.63, 3.8) is 0 Å². The summed E-state index contributed by atoms with van der Waals surface area (Å²) in [5.41, 5.74) is 3.25. The first-order valence-electron chi connectivity index (χ1n) is 9.09. The number of aromatic nitrogens is 2. The molecule has 1 fully saturated rings. The van der Waals surface area contributed by atoms with E-state index in [-0.39, 0.29) is 11.9 Å². The minimum Gasteiger partial charge on any atom is -0.449 e. The second-order valence-electron chi connectivity index (χ2n) is 6.92. The van der Waals surface area contributed by atoms with Crippen LogP contribution in [0.25, 0.3) is 5.69 Å². The molecule has 6 nitrogen and oxygen atoms in total. The van der Waals surface area contributed by atoms with Crippen molar-refractivity contribution in [3.05, 3.63) is 47.3 Å². The third-order valence-electron chi connectivity index (χ3n) is 4.71. The van der Waals surface area contributed by atoms with Crippen molar-refractivity contribution in [3.8, 4) is 5.69 Å². The predicted octanol–water partition coefficient (Wildman–Crippen LogP) is 3.09. The van der Waals surface area contributed by atoms with Crippen LogP contribution >= 0.6 is 0 Å². The van der Waals surface area contributed by atoms with E-state index < -0.39 is 12.1 Å². The van der Waals surface area contributed by atoms with E-state index in [1.807, 2.05) is 36.7 Å². The number of amides is 1. The lowest BCUT2D eigenvalue weighted by molar-refractivity contribution is -0.129. The van der Waals surface area contributed by atoms with Crippen molar-refractivity contribution in [1.29, 1.82) is 0 Å². The maximum atomic E-state index is 12.3. The molecule has 1 aromatic carbocycles. The topological polar surface area (TPSA) is 73.2 Å². The molecule has 1 N–H and O–H groups in total. The van der Waals surface area contributed by atoms with Gasteiger partial charge in [-0.05, 0) is 63.9 Å². The maximum Gasteiger partial charge on any atom is 0.338 e. The molecular weight excluding hydrogens is 330 g/mol. The van der Waals surface area contributed by atoms with Crippen LogP contribution in [0.4, 0.5) is 0 Å². The van der Waals surface area contributed by atoms with Gasteiger partial charge in [-0.15, -0.1) is 0 Å². The lowest BCUT2D eigenvalue weighted by atomic mass is 10.2. The second-order valence-corrected chi connectivity index (χ2v) is 6.92. The highest BCUT2D eigenvalue weighted by molar-refractivity contribution is 5.92. The molecule has 0 saturated heterocycles. The Morgan fingerprint density at radius 1 is 1.19 bits per heavy atom. The maximum absolute atomic E-state index is 12.3. The molecule has 26 heavy (non-hydrogen) atoms. The minimum absolute atomic E-state index is 0.212. The highest BCUT2D eigenvalue weighted by atomic mass is 16.5. The summed E-state index contributed by atoms with van der Waals surface area (Å²) in [6, 6.07) is 9.22. The van der Waals surface area contributed by atoms with Crippen LogP contribution in [0.2, 0.25) is 0 Å². The summed E-state index contributed by atoms with van der Waals surface area (Å²) in [5, 5.41) is 7.37. The van der Waals surface area contributed by atoms with Crippen LogP contribution < -0.4 is 5.32 Å². The van der Waals surface area contributed by atoms with Crippen LogP contribution in [0.1, 0.15) is 54.4 Å². The number of carbonyl (C=O) groups is 2. The number of rotatable bonds is 5. The Morgan fingerprint density at radius 3 is 2.42 bits per heavy atom. The first-order valence-corrected chi connectivity index (χ1v) is 9.09. The fourth-order valence-electron chi connectivity index (χ4n) is 3.30.